The van der Waals surface area contributed by atoms with Gasteiger partial charge in [0.25, 0.3) is 0 Å². The molecular formula is C22H29N3O2. The number of aryl methyl sites for hydroxylation is 1. The van der Waals surface area contributed by atoms with Crippen molar-refractivity contribution in [2.24, 2.45) is 0 Å². The lowest BCUT2D eigenvalue weighted by molar-refractivity contribution is -0.134. The van der Waals surface area contributed by atoms with Gasteiger partial charge < -0.3 is 14.5 Å². The molecule has 1 aliphatic heterocycles. The number of rotatable bonds is 5. The summed E-state index contributed by atoms with van der Waals surface area (Å²) in [6.07, 6.45) is 0. The molecule has 3 rings (SSSR count). The van der Waals surface area contributed by atoms with Crippen molar-refractivity contribution in [2.75, 3.05) is 52.3 Å². The molecule has 1 aliphatic rings. The number of carbonyl (C=O) groups excluding carboxylic acids is 1. The Balaban J connectivity index is 1.74. The van der Waals surface area contributed by atoms with E-state index in [4.69, 9.17) is 4.74 Å². The molecule has 1 fully saturated rings. The number of methoxy groups -OCH3 is 1. The Hall–Kier alpha value is -2.53. The largest absolute Gasteiger partial charge is 0.496 e. The standard InChI is InChI=1S/C22H29N3O2/c1-17-16-19(10-11-20(17)27-4)24-12-14-25(15-13-24)21(22(26)23(2)3)18-8-6-5-7-9-18/h5-11,16,21H,12-15H2,1-4H3. The van der Waals surface area contributed by atoms with Gasteiger partial charge in [-0.3, -0.25) is 9.69 Å². The summed E-state index contributed by atoms with van der Waals surface area (Å²) in [6.45, 7) is 5.57. The van der Waals surface area contributed by atoms with Crippen LogP contribution >= 0.6 is 0 Å². The van der Waals surface area contributed by atoms with Gasteiger partial charge in [-0.25, -0.2) is 0 Å². The number of anilines is 1. The fourth-order valence-corrected chi connectivity index (χ4v) is 3.69. The molecule has 0 spiro atoms. The van der Waals surface area contributed by atoms with Gasteiger partial charge in [-0.15, -0.1) is 0 Å². The van der Waals surface area contributed by atoms with E-state index >= 15 is 0 Å². The van der Waals surface area contributed by atoms with Gasteiger partial charge >= 0.3 is 0 Å². The average Bonchev–Trinajstić information content (AvgIpc) is 2.69. The van der Waals surface area contributed by atoms with Crippen molar-refractivity contribution < 1.29 is 9.53 Å². The third-order valence-corrected chi connectivity index (χ3v) is 5.21. The minimum atomic E-state index is -0.221. The van der Waals surface area contributed by atoms with Gasteiger partial charge in [0, 0.05) is 46.0 Å². The molecule has 1 saturated heterocycles. The summed E-state index contributed by atoms with van der Waals surface area (Å²) in [5.41, 5.74) is 3.41. The lowest BCUT2D eigenvalue weighted by atomic mass is 10.0. The van der Waals surface area contributed by atoms with E-state index in [-0.39, 0.29) is 11.9 Å². The van der Waals surface area contributed by atoms with Crippen molar-refractivity contribution in [3.63, 3.8) is 0 Å². The van der Waals surface area contributed by atoms with Crippen LogP contribution in [-0.2, 0) is 4.79 Å². The van der Waals surface area contributed by atoms with E-state index in [1.807, 2.05) is 50.5 Å². The van der Waals surface area contributed by atoms with Gasteiger partial charge in [-0.2, -0.15) is 0 Å². The monoisotopic (exact) mass is 367 g/mol. The molecule has 144 valence electrons. The van der Waals surface area contributed by atoms with Crippen molar-refractivity contribution in [2.45, 2.75) is 13.0 Å². The van der Waals surface area contributed by atoms with Gasteiger partial charge in [0.1, 0.15) is 11.8 Å². The maximum atomic E-state index is 12.9. The molecule has 0 N–H and O–H groups in total. The molecule has 1 amide bonds. The number of benzene rings is 2. The van der Waals surface area contributed by atoms with Gasteiger partial charge in [-0.1, -0.05) is 30.3 Å². The molecule has 0 saturated carbocycles. The van der Waals surface area contributed by atoms with Crippen molar-refractivity contribution in [1.29, 1.82) is 0 Å². The van der Waals surface area contributed by atoms with Crippen LogP contribution in [0.4, 0.5) is 5.69 Å². The minimum Gasteiger partial charge on any atom is -0.496 e. The smallest absolute Gasteiger partial charge is 0.244 e. The molecule has 0 radical (unpaired) electrons. The fourth-order valence-electron chi connectivity index (χ4n) is 3.69. The first-order valence-electron chi connectivity index (χ1n) is 9.41. The third kappa shape index (κ3) is 4.25. The second kappa shape index (κ2) is 8.44. The third-order valence-electron chi connectivity index (χ3n) is 5.21. The maximum Gasteiger partial charge on any atom is 0.244 e. The molecule has 2 aromatic carbocycles. The topological polar surface area (TPSA) is 36.0 Å². The highest BCUT2D eigenvalue weighted by Gasteiger charge is 2.31. The zero-order chi connectivity index (χ0) is 19.4. The van der Waals surface area contributed by atoms with E-state index in [1.54, 1.807) is 12.0 Å². The zero-order valence-electron chi connectivity index (χ0n) is 16.7. The predicted octanol–water partition coefficient (Wildman–Crippen LogP) is 2.96. The summed E-state index contributed by atoms with van der Waals surface area (Å²) >= 11 is 0. The van der Waals surface area contributed by atoms with Crippen LogP contribution in [0.15, 0.2) is 48.5 Å². The van der Waals surface area contributed by atoms with Gasteiger partial charge in [0.15, 0.2) is 0 Å². The number of nitrogens with zero attached hydrogens (tertiary/aromatic N) is 3. The molecule has 5 nitrogen and oxygen atoms in total. The van der Waals surface area contributed by atoms with E-state index in [2.05, 4.69) is 28.9 Å². The van der Waals surface area contributed by atoms with Gasteiger partial charge in [0.2, 0.25) is 5.91 Å². The maximum absolute atomic E-state index is 12.9. The molecule has 27 heavy (non-hydrogen) atoms. The van der Waals surface area contributed by atoms with Crippen LogP contribution in [0.2, 0.25) is 0 Å². The molecule has 0 aliphatic carbocycles. The molecule has 0 aromatic heterocycles. The number of piperazine rings is 1. The fraction of sp³-hybridized carbons (Fsp3) is 0.409. The van der Waals surface area contributed by atoms with Crippen molar-refractivity contribution in [3.05, 3.63) is 59.7 Å². The van der Waals surface area contributed by atoms with Crippen LogP contribution in [0.25, 0.3) is 0 Å². The molecule has 5 heteroatoms. The number of likely N-dealkylation sites (N-methyl/N-ethyl adjacent to an activating group) is 1. The summed E-state index contributed by atoms with van der Waals surface area (Å²) in [6, 6.07) is 16.2. The molecule has 1 atom stereocenters. The molecule has 2 aromatic rings. The Morgan fingerprint density at radius 1 is 1.04 bits per heavy atom. The Morgan fingerprint density at radius 2 is 1.70 bits per heavy atom. The second-order valence-corrected chi connectivity index (χ2v) is 7.22. The molecule has 0 bridgehead atoms. The van der Waals surface area contributed by atoms with Crippen LogP contribution in [0.1, 0.15) is 17.2 Å². The molecular weight excluding hydrogens is 338 g/mol. The Morgan fingerprint density at radius 3 is 2.26 bits per heavy atom. The average molecular weight is 367 g/mol. The predicted molar refractivity (Wildman–Crippen MR) is 109 cm³/mol. The number of carbonyl (C=O) groups is 1. The Bertz CT molecular complexity index is 768. The normalized spacial score (nSPS) is 16.1. The summed E-state index contributed by atoms with van der Waals surface area (Å²) in [4.78, 5) is 19.2. The van der Waals surface area contributed by atoms with E-state index in [9.17, 15) is 4.79 Å². The summed E-state index contributed by atoms with van der Waals surface area (Å²) in [5, 5.41) is 0. The first kappa shape index (κ1) is 19.2. The van der Waals surface area contributed by atoms with Gasteiger partial charge in [-0.05, 0) is 36.2 Å². The highest BCUT2D eigenvalue weighted by Crippen LogP contribution is 2.28. The van der Waals surface area contributed by atoms with Crippen LogP contribution in [0.3, 0.4) is 0 Å². The minimum absolute atomic E-state index is 0.134. The summed E-state index contributed by atoms with van der Waals surface area (Å²) in [5.74, 6) is 1.05. The first-order valence-corrected chi connectivity index (χ1v) is 9.41. The van der Waals surface area contributed by atoms with E-state index in [1.165, 1.54) is 5.69 Å². The van der Waals surface area contributed by atoms with Crippen molar-refractivity contribution >= 4 is 11.6 Å². The van der Waals surface area contributed by atoms with Gasteiger partial charge in [0.05, 0.1) is 7.11 Å². The number of amides is 1. The summed E-state index contributed by atoms with van der Waals surface area (Å²) < 4.78 is 5.36. The number of hydrogen-bond donors (Lipinski definition) is 0. The molecule has 1 unspecified atom stereocenters. The highest BCUT2D eigenvalue weighted by molar-refractivity contribution is 5.83. The van der Waals surface area contributed by atoms with Crippen LogP contribution in [0, 0.1) is 6.92 Å². The van der Waals surface area contributed by atoms with Crippen molar-refractivity contribution in [3.8, 4) is 5.75 Å². The quantitative estimate of drug-likeness (QED) is 0.814. The second-order valence-electron chi connectivity index (χ2n) is 7.22. The van der Waals surface area contributed by atoms with E-state index in [0.29, 0.717) is 0 Å². The number of hydrogen-bond acceptors (Lipinski definition) is 4. The highest BCUT2D eigenvalue weighted by atomic mass is 16.5. The lowest BCUT2D eigenvalue weighted by Gasteiger charge is -2.40. The Labute approximate surface area is 162 Å². The lowest BCUT2D eigenvalue weighted by Crippen LogP contribution is -2.51. The first-order chi connectivity index (χ1) is 13.0. The Kier molecular flexibility index (Phi) is 6.01. The van der Waals surface area contributed by atoms with Crippen LogP contribution in [0.5, 0.6) is 5.75 Å². The van der Waals surface area contributed by atoms with E-state index in [0.717, 1.165) is 43.1 Å². The van der Waals surface area contributed by atoms with Crippen molar-refractivity contribution in [1.82, 2.24) is 9.80 Å². The molecule has 1 heterocycles. The SMILES string of the molecule is COc1ccc(N2CCN(C(C(=O)N(C)C)c3ccccc3)CC2)cc1C. The number of ether oxygens (including phenoxy) is 1. The summed E-state index contributed by atoms with van der Waals surface area (Å²) in [7, 11) is 5.36. The van der Waals surface area contributed by atoms with Crippen LogP contribution < -0.4 is 9.64 Å². The van der Waals surface area contributed by atoms with Crippen LogP contribution in [-0.4, -0.2) is 63.1 Å². The van der Waals surface area contributed by atoms with E-state index < -0.39 is 0 Å². The zero-order valence-corrected chi connectivity index (χ0v) is 16.7.